The third kappa shape index (κ3) is 4.61. The van der Waals surface area contributed by atoms with E-state index < -0.39 is 22.3 Å². The van der Waals surface area contributed by atoms with E-state index in [2.05, 4.69) is 10.3 Å². The molecule has 1 aliphatic rings. The Morgan fingerprint density at radius 1 is 1.34 bits per heavy atom. The fraction of sp³-hybridized carbons (Fsp3) is 0.190. The molecule has 1 aliphatic heterocycles. The second kappa shape index (κ2) is 9.01. The standard InChI is InChI=1S/C21H16ClFN4O4S/c22-16-4-2-1-3-12(16)7-15-10-24-21(32-15)25-20(29)13-8-19(28)26(11-13)14-5-6-17(23)18(9-14)27(30)31/h1-6,9-10,13H,7-8,11H2,(H,24,25,29). The molecule has 32 heavy (non-hydrogen) atoms. The maximum Gasteiger partial charge on any atom is 0.306 e. The third-order valence-corrected chi connectivity index (χ3v) is 6.32. The number of hydrogen-bond acceptors (Lipinski definition) is 6. The van der Waals surface area contributed by atoms with Crippen LogP contribution < -0.4 is 10.2 Å². The lowest BCUT2D eigenvalue weighted by Crippen LogP contribution is -2.28. The lowest BCUT2D eigenvalue weighted by atomic mass is 10.1. The van der Waals surface area contributed by atoms with Gasteiger partial charge in [0, 0.05) is 41.5 Å². The zero-order valence-electron chi connectivity index (χ0n) is 16.5. The van der Waals surface area contributed by atoms with Crippen LogP contribution in [0.4, 0.5) is 20.9 Å². The van der Waals surface area contributed by atoms with Crippen LogP contribution in [0, 0.1) is 21.8 Å². The minimum Gasteiger partial charge on any atom is -0.311 e. The van der Waals surface area contributed by atoms with Gasteiger partial charge in [-0.25, -0.2) is 4.98 Å². The van der Waals surface area contributed by atoms with E-state index in [1.54, 1.807) is 12.3 Å². The molecule has 8 nitrogen and oxygen atoms in total. The normalized spacial score (nSPS) is 15.8. The van der Waals surface area contributed by atoms with Gasteiger partial charge in [0.05, 0.1) is 16.5 Å². The molecule has 1 aromatic heterocycles. The number of nitrogens with zero attached hydrogens (tertiary/aromatic N) is 3. The number of carbonyl (C=O) groups excluding carboxylic acids is 2. The van der Waals surface area contributed by atoms with Crippen LogP contribution in [0.25, 0.3) is 0 Å². The van der Waals surface area contributed by atoms with Gasteiger partial charge in [-0.3, -0.25) is 19.7 Å². The Morgan fingerprint density at radius 3 is 2.88 bits per heavy atom. The van der Waals surface area contributed by atoms with Gasteiger partial charge in [0.15, 0.2) is 5.13 Å². The van der Waals surface area contributed by atoms with Gasteiger partial charge in [0.2, 0.25) is 17.6 Å². The van der Waals surface area contributed by atoms with Gasteiger partial charge >= 0.3 is 5.69 Å². The van der Waals surface area contributed by atoms with Gasteiger partial charge < -0.3 is 10.2 Å². The highest BCUT2D eigenvalue weighted by molar-refractivity contribution is 7.15. The van der Waals surface area contributed by atoms with Gasteiger partial charge in [0.1, 0.15) is 0 Å². The smallest absolute Gasteiger partial charge is 0.306 e. The van der Waals surface area contributed by atoms with Crippen molar-refractivity contribution in [1.29, 1.82) is 0 Å². The first-order valence-electron chi connectivity index (χ1n) is 9.55. The lowest BCUT2D eigenvalue weighted by molar-refractivity contribution is -0.387. The van der Waals surface area contributed by atoms with E-state index in [0.29, 0.717) is 16.6 Å². The first kappa shape index (κ1) is 21.8. The highest BCUT2D eigenvalue weighted by Gasteiger charge is 2.36. The fourth-order valence-corrected chi connectivity index (χ4v) is 4.47. The minimum atomic E-state index is -0.990. The zero-order chi connectivity index (χ0) is 22.8. The van der Waals surface area contributed by atoms with Crippen LogP contribution in [0.2, 0.25) is 5.02 Å². The molecule has 0 bridgehead atoms. The van der Waals surface area contributed by atoms with Crippen molar-refractivity contribution < 1.29 is 18.9 Å². The number of rotatable bonds is 6. The van der Waals surface area contributed by atoms with Crippen molar-refractivity contribution in [3.63, 3.8) is 0 Å². The van der Waals surface area contributed by atoms with E-state index in [4.69, 9.17) is 11.6 Å². The number of halogens is 2. The van der Waals surface area contributed by atoms with Gasteiger partial charge in [-0.05, 0) is 23.8 Å². The number of aromatic nitrogens is 1. The Labute approximate surface area is 190 Å². The highest BCUT2D eigenvalue weighted by atomic mass is 35.5. The molecule has 0 radical (unpaired) electrons. The van der Waals surface area contributed by atoms with Crippen LogP contribution in [0.15, 0.2) is 48.7 Å². The van der Waals surface area contributed by atoms with Crippen molar-refractivity contribution in [2.75, 3.05) is 16.8 Å². The van der Waals surface area contributed by atoms with E-state index in [0.717, 1.165) is 22.6 Å². The summed E-state index contributed by atoms with van der Waals surface area (Å²) in [5, 5.41) is 14.7. The topological polar surface area (TPSA) is 105 Å². The molecule has 164 valence electrons. The van der Waals surface area contributed by atoms with Crippen LogP contribution in [-0.4, -0.2) is 28.3 Å². The molecule has 2 aromatic carbocycles. The molecule has 11 heteroatoms. The third-order valence-electron chi connectivity index (χ3n) is 5.04. The Kier molecular flexibility index (Phi) is 6.15. The number of benzene rings is 2. The monoisotopic (exact) mass is 474 g/mol. The van der Waals surface area contributed by atoms with E-state index >= 15 is 0 Å². The van der Waals surface area contributed by atoms with Crippen molar-refractivity contribution in [2.45, 2.75) is 12.8 Å². The second-order valence-corrected chi connectivity index (χ2v) is 8.71. The molecule has 0 saturated carbocycles. The molecule has 0 aliphatic carbocycles. The summed E-state index contributed by atoms with van der Waals surface area (Å²) in [6.45, 7) is 0.0330. The number of amides is 2. The predicted molar refractivity (Wildman–Crippen MR) is 119 cm³/mol. The van der Waals surface area contributed by atoms with E-state index in [9.17, 15) is 24.1 Å². The zero-order valence-corrected chi connectivity index (χ0v) is 18.0. The number of nitro groups is 1. The van der Waals surface area contributed by atoms with Gasteiger partial charge in [-0.1, -0.05) is 29.8 Å². The fourth-order valence-electron chi connectivity index (χ4n) is 3.43. The molecule has 1 saturated heterocycles. The Balaban J connectivity index is 1.41. The average Bonchev–Trinajstić information content (AvgIpc) is 3.36. The van der Waals surface area contributed by atoms with E-state index in [-0.39, 0.29) is 30.5 Å². The largest absolute Gasteiger partial charge is 0.311 e. The molecule has 1 fully saturated rings. The van der Waals surface area contributed by atoms with Gasteiger partial charge in [0.25, 0.3) is 0 Å². The maximum absolute atomic E-state index is 13.6. The molecule has 1 unspecified atom stereocenters. The predicted octanol–water partition coefficient (Wildman–Crippen LogP) is 4.43. The summed E-state index contributed by atoms with van der Waals surface area (Å²) in [6.07, 6.45) is 2.18. The molecule has 4 rings (SSSR count). The number of thiazole rings is 1. The van der Waals surface area contributed by atoms with E-state index in [1.807, 2.05) is 18.2 Å². The number of hydrogen-bond donors (Lipinski definition) is 1. The van der Waals surface area contributed by atoms with Crippen molar-refractivity contribution in [2.24, 2.45) is 5.92 Å². The molecule has 0 spiro atoms. The summed E-state index contributed by atoms with van der Waals surface area (Å²) in [5.41, 5.74) is 0.396. The highest BCUT2D eigenvalue weighted by Crippen LogP contribution is 2.31. The average molecular weight is 475 g/mol. The quantitative estimate of drug-likeness (QED) is 0.420. The SMILES string of the molecule is O=C(Nc1ncc(Cc2ccccc2Cl)s1)C1CC(=O)N(c2ccc(F)c([N+](=O)[O-])c2)C1. The first-order chi connectivity index (χ1) is 15.3. The lowest BCUT2D eigenvalue weighted by Gasteiger charge is -2.16. The molecular formula is C21H16ClFN4O4S. The van der Waals surface area contributed by atoms with Crippen LogP contribution in [0.1, 0.15) is 16.9 Å². The summed E-state index contributed by atoms with van der Waals surface area (Å²) in [6, 6.07) is 10.7. The van der Waals surface area contributed by atoms with Gasteiger partial charge in [-0.15, -0.1) is 11.3 Å². The molecule has 2 amide bonds. The van der Waals surface area contributed by atoms with Gasteiger partial charge in [-0.2, -0.15) is 4.39 Å². The number of carbonyl (C=O) groups is 2. The maximum atomic E-state index is 13.6. The van der Waals surface area contributed by atoms with Crippen molar-refractivity contribution in [1.82, 2.24) is 4.98 Å². The minimum absolute atomic E-state index is 0.0330. The molecular weight excluding hydrogens is 459 g/mol. The van der Waals surface area contributed by atoms with Crippen LogP contribution in [0.3, 0.4) is 0 Å². The van der Waals surface area contributed by atoms with Crippen molar-refractivity contribution >= 4 is 51.3 Å². The second-order valence-electron chi connectivity index (χ2n) is 7.19. The molecule has 3 aromatic rings. The summed E-state index contributed by atoms with van der Waals surface area (Å²) in [4.78, 5) is 41.6. The molecule has 1 N–H and O–H groups in total. The number of nitrogens with one attached hydrogen (secondary N) is 1. The van der Waals surface area contributed by atoms with Crippen molar-refractivity contribution in [3.8, 4) is 0 Å². The summed E-state index contributed by atoms with van der Waals surface area (Å²) >= 11 is 7.50. The Bertz CT molecular complexity index is 1220. The van der Waals surface area contributed by atoms with Crippen LogP contribution >= 0.6 is 22.9 Å². The molecule has 2 heterocycles. The van der Waals surface area contributed by atoms with Crippen molar-refractivity contribution in [3.05, 3.63) is 80.1 Å². The van der Waals surface area contributed by atoms with Crippen LogP contribution in [-0.2, 0) is 16.0 Å². The van der Waals surface area contributed by atoms with E-state index in [1.165, 1.54) is 22.3 Å². The summed E-state index contributed by atoms with van der Waals surface area (Å²) < 4.78 is 13.6. The number of nitro benzene ring substituents is 1. The Hall–Kier alpha value is -3.37. The van der Waals surface area contributed by atoms with Crippen LogP contribution in [0.5, 0.6) is 0 Å². The first-order valence-corrected chi connectivity index (χ1v) is 10.7. The summed E-state index contributed by atoms with van der Waals surface area (Å²) in [7, 11) is 0. The summed E-state index contributed by atoms with van der Waals surface area (Å²) in [5.74, 6) is -2.40. The molecule has 1 atom stereocenters. The Morgan fingerprint density at radius 2 is 2.12 bits per heavy atom. The number of anilines is 2.